The largest absolute Gasteiger partial charge is 0.395 e. The Morgan fingerprint density at radius 1 is 1.12 bits per heavy atom. The van der Waals surface area contributed by atoms with Crippen LogP contribution in [0.5, 0.6) is 0 Å². The van der Waals surface area contributed by atoms with Crippen molar-refractivity contribution in [2.75, 3.05) is 13.2 Å². The molecule has 1 aromatic carbocycles. The van der Waals surface area contributed by atoms with Crippen LogP contribution in [0.1, 0.15) is 42.6 Å². The first-order chi connectivity index (χ1) is 7.69. The fraction of sp³-hybridized carbons (Fsp3) is 0.538. The molecule has 88 valence electrons. The maximum atomic E-state index is 9.14. The fourth-order valence-electron chi connectivity index (χ4n) is 2.66. The van der Waals surface area contributed by atoms with Crippen LogP contribution in [0.15, 0.2) is 18.2 Å². The highest BCUT2D eigenvalue weighted by Gasteiger charge is 2.32. The van der Waals surface area contributed by atoms with Crippen LogP contribution in [0, 0.1) is 0 Å². The van der Waals surface area contributed by atoms with Gasteiger partial charge in [-0.25, -0.2) is 0 Å². The maximum Gasteiger partial charge on any atom is 0.0681 e. The predicted octanol–water partition coefficient (Wildman–Crippen LogP) is 1.61. The molecule has 3 heteroatoms. The summed E-state index contributed by atoms with van der Waals surface area (Å²) in [7, 11) is 0. The first kappa shape index (κ1) is 11.6. The molecular formula is C13H19NO2. The smallest absolute Gasteiger partial charge is 0.0681 e. The summed E-state index contributed by atoms with van der Waals surface area (Å²) in [6.07, 6.45) is 0. The third-order valence-corrected chi connectivity index (χ3v) is 3.59. The maximum absolute atomic E-state index is 9.14. The third-order valence-electron chi connectivity index (χ3n) is 3.59. The van der Waals surface area contributed by atoms with Crippen LogP contribution >= 0.6 is 0 Å². The monoisotopic (exact) mass is 221 g/mol. The lowest BCUT2D eigenvalue weighted by atomic mass is 10.0. The van der Waals surface area contributed by atoms with Gasteiger partial charge in [-0.15, -0.1) is 0 Å². The molecule has 2 atom stereocenters. The summed E-state index contributed by atoms with van der Waals surface area (Å²) in [5, 5.41) is 18.2. The molecule has 16 heavy (non-hydrogen) atoms. The number of aliphatic hydroxyl groups excluding tert-OH is 2. The SMILES string of the molecule is CC1c2ccc(CO)cc2C(C)N1CCO. The molecule has 0 saturated carbocycles. The van der Waals surface area contributed by atoms with E-state index in [1.54, 1.807) is 0 Å². The molecule has 0 amide bonds. The summed E-state index contributed by atoms with van der Waals surface area (Å²) in [5.74, 6) is 0. The first-order valence-electron chi connectivity index (χ1n) is 5.79. The molecule has 0 aliphatic carbocycles. The lowest BCUT2D eigenvalue weighted by molar-refractivity contribution is 0.139. The molecule has 1 aliphatic rings. The van der Waals surface area contributed by atoms with Crippen molar-refractivity contribution in [3.63, 3.8) is 0 Å². The summed E-state index contributed by atoms with van der Waals surface area (Å²) in [6.45, 7) is 5.30. The van der Waals surface area contributed by atoms with Gasteiger partial charge in [-0.1, -0.05) is 18.2 Å². The van der Waals surface area contributed by atoms with Crippen LogP contribution < -0.4 is 0 Å². The van der Waals surface area contributed by atoms with E-state index in [-0.39, 0.29) is 13.2 Å². The second-order valence-electron chi connectivity index (χ2n) is 4.43. The van der Waals surface area contributed by atoms with Gasteiger partial charge in [0.25, 0.3) is 0 Å². The highest BCUT2D eigenvalue weighted by Crippen LogP contribution is 2.41. The van der Waals surface area contributed by atoms with Crippen molar-refractivity contribution < 1.29 is 10.2 Å². The Labute approximate surface area is 96.3 Å². The predicted molar refractivity (Wildman–Crippen MR) is 63.0 cm³/mol. The normalized spacial score (nSPS) is 24.8. The molecule has 1 aliphatic heterocycles. The molecule has 2 unspecified atom stereocenters. The average Bonchev–Trinajstić information content (AvgIpc) is 2.54. The van der Waals surface area contributed by atoms with E-state index in [9.17, 15) is 0 Å². The second-order valence-corrected chi connectivity index (χ2v) is 4.43. The summed E-state index contributed by atoms with van der Waals surface area (Å²) >= 11 is 0. The van der Waals surface area contributed by atoms with E-state index in [1.165, 1.54) is 11.1 Å². The van der Waals surface area contributed by atoms with E-state index in [0.29, 0.717) is 18.6 Å². The Morgan fingerprint density at radius 3 is 2.44 bits per heavy atom. The average molecular weight is 221 g/mol. The van der Waals surface area contributed by atoms with Crippen molar-refractivity contribution in [2.24, 2.45) is 0 Å². The minimum atomic E-state index is 0.0916. The van der Waals surface area contributed by atoms with Crippen LogP contribution in [0.4, 0.5) is 0 Å². The molecule has 2 rings (SSSR count). The van der Waals surface area contributed by atoms with E-state index < -0.39 is 0 Å². The molecule has 0 spiro atoms. The minimum Gasteiger partial charge on any atom is -0.395 e. The molecule has 0 bridgehead atoms. The summed E-state index contributed by atoms with van der Waals surface area (Å²) in [6, 6.07) is 6.83. The highest BCUT2D eigenvalue weighted by molar-refractivity contribution is 5.39. The van der Waals surface area contributed by atoms with Gasteiger partial charge in [0, 0.05) is 18.6 Å². The van der Waals surface area contributed by atoms with Gasteiger partial charge in [0.05, 0.1) is 13.2 Å². The van der Waals surface area contributed by atoms with Crippen LogP contribution in [-0.4, -0.2) is 28.3 Å². The van der Waals surface area contributed by atoms with E-state index in [1.807, 2.05) is 6.07 Å². The van der Waals surface area contributed by atoms with E-state index in [2.05, 4.69) is 30.9 Å². The van der Waals surface area contributed by atoms with Gasteiger partial charge in [0.15, 0.2) is 0 Å². The quantitative estimate of drug-likeness (QED) is 0.815. The van der Waals surface area contributed by atoms with Crippen molar-refractivity contribution in [1.29, 1.82) is 0 Å². The summed E-state index contributed by atoms with van der Waals surface area (Å²) < 4.78 is 0. The number of nitrogens with zero attached hydrogens (tertiary/aromatic N) is 1. The minimum absolute atomic E-state index is 0.0916. The molecule has 3 nitrogen and oxygen atoms in total. The van der Waals surface area contributed by atoms with Gasteiger partial charge in [-0.3, -0.25) is 4.90 Å². The molecule has 0 radical (unpaired) electrons. The topological polar surface area (TPSA) is 43.7 Å². The second kappa shape index (κ2) is 4.53. The van der Waals surface area contributed by atoms with Gasteiger partial charge < -0.3 is 10.2 Å². The number of hydrogen-bond acceptors (Lipinski definition) is 3. The highest BCUT2D eigenvalue weighted by atomic mass is 16.3. The van der Waals surface area contributed by atoms with E-state index in [4.69, 9.17) is 10.2 Å². The van der Waals surface area contributed by atoms with Crippen molar-refractivity contribution in [1.82, 2.24) is 4.90 Å². The fourth-order valence-corrected chi connectivity index (χ4v) is 2.66. The van der Waals surface area contributed by atoms with E-state index in [0.717, 1.165) is 5.56 Å². The van der Waals surface area contributed by atoms with Crippen molar-refractivity contribution in [3.8, 4) is 0 Å². The molecular weight excluding hydrogens is 202 g/mol. The van der Waals surface area contributed by atoms with Crippen LogP contribution in [0.25, 0.3) is 0 Å². The van der Waals surface area contributed by atoms with Crippen molar-refractivity contribution in [3.05, 3.63) is 34.9 Å². The number of benzene rings is 1. The Kier molecular flexibility index (Phi) is 3.28. The Morgan fingerprint density at radius 2 is 1.81 bits per heavy atom. The van der Waals surface area contributed by atoms with Gasteiger partial charge in [0.1, 0.15) is 0 Å². The number of hydrogen-bond donors (Lipinski definition) is 2. The number of aliphatic hydroxyl groups is 2. The van der Waals surface area contributed by atoms with Crippen LogP contribution in [0.2, 0.25) is 0 Å². The van der Waals surface area contributed by atoms with Gasteiger partial charge >= 0.3 is 0 Å². The Balaban J connectivity index is 2.35. The van der Waals surface area contributed by atoms with Crippen LogP contribution in [-0.2, 0) is 6.61 Å². The van der Waals surface area contributed by atoms with Crippen LogP contribution in [0.3, 0.4) is 0 Å². The molecule has 0 saturated heterocycles. The lowest BCUT2D eigenvalue weighted by Crippen LogP contribution is -2.26. The van der Waals surface area contributed by atoms with Gasteiger partial charge in [-0.2, -0.15) is 0 Å². The van der Waals surface area contributed by atoms with Crippen molar-refractivity contribution >= 4 is 0 Å². The Hall–Kier alpha value is -0.900. The zero-order chi connectivity index (χ0) is 11.7. The molecule has 0 aromatic heterocycles. The molecule has 1 aromatic rings. The van der Waals surface area contributed by atoms with Gasteiger partial charge in [0.2, 0.25) is 0 Å². The number of β-amino-alcohol motifs (C(OH)–C–C–N with tert-alkyl or cyclic N) is 1. The Bertz CT molecular complexity index is 378. The lowest BCUT2D eigenvalue weighted by Gasteiger charge is -2.25. The molecule has 1 heterocycles. The summed E-state index contributed by atoms with van der Waals surface area (Å²) in [4.78, 5) is 2.28. The molecule has 2 N–H and O–H groups in total. The summed E-state index contributed by atoms with van der Waals surface area (Å²) in [5.41, 5.74) is 3.56. The zero-order valence-electron chi connectivity index (χ0n) is 9.85. The van der Waals surface area contributed by atoms with E-state index >= 15 is 0 Å². The third kappa shape index (κ3) is 1.75. The standard InChI is InChI=1S/C13H19NO2/c1-9-12-4-3-11(8-16)7-13(12)10(2)14(9)5-6-15/h3-4,7,9-10,15-16H,5-6,8H2,1-2H3. The molecule has 0 fully saturated rings. The van der Waals surface area contributed by atoms with Crippen molar-refractivity contribution in [2.45, 2.75) is 32.5 Å². The zero-order valence-corrected chi connectivity index (χ0v) is 9.85. The van der Waals surface area contributed by atoms with Gasteiger partial charge in [-0.05, 0) is 30.5 Å². The first-order valence-corrected chi connectivity index (χ1v) is 5.79. The number of fused-ring (bicyclic) bond motifs is 1. The number of rotatable bonds is 3.